The topological polar surface area (TPSA) is 72.6 Å². The molecule has 1 aromatic carbocycles. The van der Waals surface area contributed by atoms with Gasteiger partial charge in [-0.25, -0.2) is 12.8 Å². The van der Waals surface area contributed by atoms with Crippen LogP contribution in [0.25, 0.3) is 0 Å². The minimum atomic E-state index is -4.03. The molecule has 0 spiro atoms. The van der Waals surface area contributed by atoms with Gasteiger partial charge < -0.3 is 10.5 Å². The second-order valence-corrected chi connectivity index (χ2v) is 6.78. The summed E-state index contributed by atoms with van der Waals surface area (Å²) in [7, 11) is -2.57. The maximum absolute atomic E-state index is 14.0. The van der Waals surface area contributed by atoms with Crippen LogP contribution in [-0.2, 0) is 14.8 Å². The molecule has 1 rings (SSSR count). The number of benzene rings is 1. The average molecular weight is 325 g/mol. The second-order valence-electron chi connectivity index (χ2n) is 4.52. The predicted octanol–water partition coefficient (Wildman–Crippen LogP) is 2.11. The van der Waals surface area contributed by atoms with Gasteiger partial charge in [0.25, 0.3) is 0 Å². The van der Waals surface area contributed by atoms with E-state index >= 15 is 0 Å². The average Bonchev–Trinajstić information content (AvgIpc) is 2.33. The fourth-order valence-electron chi connectivity index (χ4n) is 1.73. The highest BCUT2D eigenvalue weighted by Gasteiger charge is 2.30. The SMILES string of the molecule is COCCN(C(C)C)S(=O)(=O)c1cc(N)cc(Cl)c1F. The predicted molar refractivity (Wildman–Crippen MR) is 76.7 cm³/mol. The lowest BCUT2D eigenvalue weighted by atomic mass is 10.3. The number of anilines is 1. The molecule has 0 saturated heterocycles. The monoisotopic (exact) mass is 324 g/mol. The largest absolute Gasteiger partial charge is 0.399 e. The van der Waals surface area contributed by atoms with Crippen molar-refractivity contribution in [2.24, 2.45) is 0 Å². The molecule has 5 nitrogen and oxygen atoms in total. The molecule has 2 N–H and O–H groups in total. The smallest absolute Gasteiger partial charge is 0.246 e. The van der Waals surface area contributed by atoms with E-state index in [1.54, 1.807) is 13.8 Å². The third-order valence-corrected chi connectivity index (χ3v) is 5.05. The van der Waals surface area contributed by atoms with Crippen LogP contribution in [-0.4, -0.2) is 39.0 Å². The van der Waals surface area contributed by atoms with Crippen LogP contribution in [0.3, 0.4) is 0 Å². The molecule has 0 unspecified atom stereocenters. The van der Waals surface area contributed by atoms with Crippen molar-refractivity contribution in [2.45, 2.75) is 24.8 Å². The van der Waals surface area contributed by atoms with Gasteiger partial charge in [-0.2, -0.15) is 4.31 Å². The highest BCUT2D eigenvalue weighted by Crippen LogP contribution is 2.28. The van der Waals surface area contributed by atoms with E-state index < -0.39 is 20.7 Å². The number of ether oxygens (including phenoxy) is 1. The lowest BCUT2D eigenvalue weighted by Gasteiger charge is -2.26. The van der Waals surface area contributed by atoms with E-state index in [0.29, 0.717) is 0 Å². The third-order valence-electron chi connectivity index (χ3n) is 2.70. The van der Waals surface area contributed by atoms with E-state index in [4.69, 9.17) is 22.1 Å². The Labute approximate surface area is 123 Å². The van der Waals surface area contributed by atoms with Gasteiger partial charge in [-0.3, -0.25) is 0 Å². The summed E-state index contributed by atoms with van der Waals surface area (Å²) >= 11 is 5.65. The number of nitrogen functional groups attached to an aromatic ring is 1. The van der Waals surface area contributed by atoms with Gasteiger partial charge in [-0.1, -0.05) is 11.6 Å². The summed E-state index contributed by atoms with van der Waals surface area (Å²) in [4.78, 5) is -0.521. The number of hydrogen-bond acceptors (Lipinski definition) is 4. The molecule has 0 fully saturated rings. The summed E-state index contributed by atoms with van der Waals surface area (Å²) in [6, 6.07) is 1.89. The summed E-state index contributed by atoms with van der Waals surface area (Å²) in [6.07, 6.45) is 0. The molecule has 20 heavy (non-hydrogen) atoms. The van der Waals surface area contributed by atoms with Crippen molar-refractivity contribution >= 4 is 27.3 Å². The van der Waals surface area contributed by atoms with Crippen molar-refractivity contribution in [3.05, 3.63) is 23.0 Å². The zero-order chi connectivity index (χ0) is 15.5. The van der Waals surface area contributed by atoms with Crippen molar-refractivity contribution in [3.63, 3.8) is 0 Å². The van der Waals surface area contributed by atoms with E-state index in [0.717, 1.165) is 10.4 Å². The minimum Gasteiger partial charge on any atom is -0.399 e. The molecule has 0 atom stereocenters. The maximum atomic E-state index is 14.0. The molecule has 0 aliphatic carbocycles. The molecule has 8 heteroatoms. The summed E-state index contributed by atoms with van der Waals surface area (Å²) in [5, 5.41) is -0.320. The van der Waals surface area contributed by atoms with Gasteiger partial charge in [0.15, 0.2) is 5.82 Å². The third kappa shape index (κ3) is 3.60. The van der Waals surface area contributed by atoms with E-state index in [1.165, 1.54) is 13.2 Å². The Morgan fingerprint density at radius 1 is 1.45 bits per heavy atom. The summed E-state index contributed by atoms with van der Waals surface area (Å²) in [5.74, 6) is -0.996. The Bertz CT molecular complexity index is 578. The fourth-order valence-corrected chi connectivity index (χ4v) is 3.76. The molecule has 0 bridgehead atoms. The van der Waals surface area contributed by atoms with Crippen LogP contribution in [0.15, 0.2) is 17.0 Å². The number of nitrogens with zero attached hydrogens (tertiary/aromatic N) is 1. The Morgan fingerprint density at radius 3 is 2.55 bits per heavy atom. The first-order chi connectivity index (χ1) is 9.21. The molecular formula is C12H18ClFN2O3S. The lowest BCUT2D eigenvalue weighted by molar-refractivity contribution is 0.170. The minimum absolute atomic E-state index is 0.0884. The van der Waals surface area contributed by atoms with Crippen molar-refractivity contribution in [3.8, 4) is 0 Å². The zero-order valence-electron chi connectivity index (χ0n) is 11.6. The molecule has 0 amide bonds. The van der Waals surface area contributed by atoms with E-state index in [2.05, 4.69) is 0 Å². The number of rotatable bonds is 6. The molecule has 114 valence electrons. The Kier molecular flexibility index (Phi) is 5.76. The van der Waals surface area contributed by atoms with Crippen molar-refractivity contribution in [2.75, 3.05) is 26.0 Å². The van der Waals surface area contributed by atoms with Gasteiger partial charge >= 0.3 is 0 Å². The first-order valence-electron chi connectivity index (χ1n) is 5.97. The molecule has 0 heterocycles. The molecule has 0 aromatic heterocycles. The number of hydrogen-bond donors (Lipinski definition) is 1. The molecule has 0 aliphatic heterocycles. The van der Waals surface area contributed by atoms with Gasteiger partial charge in [0.05, 0.1) is 11.6 Å². The zero-order valence-corrected chi connectivity index (χ0v) is 13.1. The Balaban J connectivity index is 3.33. The van der Waals surface area contributed by atoms with E-state index in [-0.39, 0.29) is 29.9 Å². The molecule has 1 aromatic rings. The Hall–Kier alpha value is -0.890. The molecular weight excluding hydrogens is 307 g/mol. The van der Waals surface area contributed by atoms with Crippen molar-refractivity contribution < 1.29 is 17.5 Å². The molecule has 0 aliphatic rings. The molecule has 0 saturated carbocycles. The van der Waals surface area contributed by atoms with Crippen LogP contribution in [0.5, 0.6) is 0 Å². The van der Waals surface area contributed by atoms with Gasteiger partial charge in [0.1, 0.15) is 4.90 Å². The second kappa shape index (κ2) is 6.71. The number of halogens is 2. The number of sulfonamides is 1. The highest BCUT2D eigenvalue weighted by molar-refractivity contribution is 7.89. The highest BCUT2D eigenvalue weighted by atomic mass is 35.5. The van der Waals surface area contributed by atoms with Crippen LogP contribution >= 0.6 is 11.6 Å². The Morgan fingerprint density at radius 2 is 2.05 bits per heavy atom. The summed E-state index contributed by atoms with van der Waals surface area (Å²) in [6.45, 7) is 3.70. The van der Waals surface area contributed by atoms with E-state index in [9.17, 15) is 12.8 Å². The van der Waals surface area contributed by atoms with Gasteiger partial charge in [-0.05, 0) is 26.0 Å². The van der Waals surface area contributed by atoms with Crippen LogP contribution < -0.4 is 5.73 Å². The van der Waals surface area contributed by atoms with Gasteiger partial charge in [0, 0.05) is 25.4 Å². The lowest BCUT2D eigenvalue weighted by Crippen LogP contribution is -2.39. The first-order valence-corrected chi connectivity index (χ1v) is 7.79. The number of methoxy groups -OCH3 is 1. The molecule has 0 radical (unpaired) electrons. The fraction of sp³-hybridized carbons (Fsp3) is 0.500. The first kappa shape index (κ1) is 17.2. The van der Waals surface area contributed by atoms with Gasteiger partial charge in [0.2, 0.25) is 10.0 Å². The van der Waals surface area contributed by atoms with Crippen LogP contribution in [0.4, 0.5) is 10.1 Å². The van der Waals surface area contributed by atoms with Crippen molar-refractivity contribution in [1.29, 1.82) is 0 Å². The standard InChI is InChI=1S/C12H18ClFN2O3S/c1-8(2)16(4-5-19-3)20(17,18)11-7-9(15)6-10(13)12(11)14/h6-8H,4-5,15H2,1-3H3. The van der Waals surface area contributed by atoms with Gasteiger partial charge in [-0.15, -0.1) is 0 Å². The van der Waals surface area contributed by atoms with Crippen molar-refractivity contribution in [1.82, 2.24) is 4.31 Å². The van der Waals surface area contributed by atoms with E-state index in [1.807, 2.05) is 0 Å². The maximum Gasteiger partial charge on any atom is 0.246 e. The number of nitrogens with two attached hydrogens (primary N) is 1. The summed E-state index contributed by atoms with van der Waals surface area (Å²) in [5.41, 5.74) is 5.63. The quantitative estimate of drug-likeness (QED) is 0.813. The summed E-state index contributed by atoms with van der Waals surface area (Å²) < 4.78 is 45.1. The van der Waals surface area contributed by atoms with Crippen LogP contribution in [0.2, 0.25) is 5.02 Å². The normalized spacial score (nSPS) is 12.3. The van der Waals surface area contributed by atoms with Crippen LogP contribution in [0.1, 0.15) is 13.8 Å². The van der Waals surface area contributed by atoms with Crippen LogP contribution in [0, 0.1) is 5.82 Å².